The largest absolute Gasteiger partial charge is 0.297 e. The molecule has 0 atom stereocenters. The molecule has 0 fully saturated rings. The number of rotatable bonds is 1. The fourth-order valence-electron chi connectivity index (χ4n) is 1.29. The van der Waals surface area contributed by atoms with Gasteiger partial charge >= 0.3 is 0 Å². The molecule has 0 aliphatic carbocycles. The number of aldehydes is 1. The summed E-state index contributed by atoms with van der Waals surface area (Å²) in [6, 6.07) is 7.71. The molecule has 2 rings (SSSR count). The van der Waals surface area contributed by atoms with Crippen LogP contribution in [0, 0.1) is 11.3 Å². The summed E-state index contributed by atoms with van der Waals surface area (Å²) in [6.07, 6.45) is 0.733. The molecular formula is C10H4BrNOS. The number of hydrogen-bond acceptors (Lipinski definition) is 3. The summed E-state index contributed by atoms with van der Waals surface area (Å²) in [6.45, 7) is 0. The maximum absolute atomic E-state index is 10.7. The van der Waals surface area contributed by atoms with Gasteiger partial charge in [0, 0.05) is 14.6 Å². The van der Waals surface area contributed by atoms with Gasteiger partial charge in [0.2, 0.25) is 0 Å². The van der Waals surface area contributed by atoms with Crippen molar-refractivity contribution in [2.45, 2.75) is 0 Å². The molecule has 0 unspecified atom stereocenters. The highest BCUT2D eigenvalue weighted by Crippen LogP contribution is 2.31. The average Bonchev–Trinajstić information content (AvgIpc) is 2.54. The molecule has 0 aliphatic heterocycles. The molecule has 0 saturated carbocycles. The van der Waals surface area contributed by atoms with Crippen LogP contribution in [0.2, 0.25) is 0 Å². The molecule has 0 N–H and O–H groups in total. The Hall–Kier alpha value is -1.18. The van der Waals surface area contributed by atoms with Gasteiger partial charge in [-0.2, -0.15) is 5.26 Å². The summed E-state index contributed by atoms with van der Waals surface area (Å²) < 4.78 is 1.88. The Balaban J connectivity index is 2.90. The van der Waals surface area contributed by atoms with Gasteiger partial charge in [-0.1, -0.05) is 15.9 Å². The zero-order chi connectivity index (χ0) is 10.1. The molecular weight excluding hydrogens is 262 g/mol. The van der Waals surface area contributed by atoms with Gasteiger partial charge in [0.25, 0.3) is 0 Å². The molecule has 1 aromatic heterocycles. The van der Waals surface area contributed by atoms with Crippen LogP contribution in [0.1, 0.15) is 15.2 Å². The van der Waals surface area contributed by atoms with Crippen LogP contribution in [0.3, 0.4) is 0 Å². The van der Waals surface area contributed by atoms with Crippen LogP contribution in [-0.2, 0) is 0 Å². The molecule has 0 amide bonds. The van der Waals surface area contributed by atoms with E-state index in [2.05, 4.69) is 22.0 Å². The van der Waals surface area contributed by atoms with Gasteiger partial charge < -0.3 is 0 Å². The predicted molar refractivity (Wildman–Crippen MR) is 59.6 cm³/mol. The van der Waals surface area contributed by atoms with Crippen molar-refractivity contribution < 1.29 is 4.79 Å². The molecule has 0 aliphatic rings. The third-order valence-corrected chi connectivity index (χ3v) is 3.49. The van der Waals surface area contributed by atoms with Crippen LogP contribution in [0.15, 0.2) is 22.7 Å². The molecule has 14 heavy (non-hydrogen) atoms. The van der Waals surface area contributed by atoms with Gasteiger partial charge in [-0.05, 0) is 18.2 Å². The van der Waals surface area contributed by atoms with Crippen LogP contribution in [0.25, 0.3) is 10.1 Å². The lowest BCUT2D eigenvalue weighted by atomic mass is 10.1. The summed E-state index contributed by atoms with van der Waals surface area (Å²) >= 11 is 4.68. The van der Waals surface area contributed by atoms with Crippen molar-refractivity contribution >= 4 is 43.6 Å². The second-order valence-electron chi connectivity index (χ2n) is 2.71. The Morgan fingerprint density at radius 2 is 2.29 bits per heavy atom. The lowest BCUT2D eigenvalue weighted by molar-refractivity contribution is 0.112. The summed E-state index contributed by atoms with van der Waals surface area (Å²) in [5.41, 5.74) is 0.473. The molecule has 1 aromatic carbocycles. The van der Waals surface area contributed by atoms with Crippen molar-refractivity contribution in [1.82, 2.24) is 0 Å². The smallest absolute Gasteiger partial charge is 0.161 e. The van der Waals surface area contributed by atoms with Crippen molar-refractivity contribution in [3.63, 3.8) is 0 Å². The first-order valence-electron chi connectivity index (χ1n) is 3.83. The quantitative estimate of drug-likeness (QED) is 0.742. The molecule has 1 heterocycles. The maximum Gasteiger partial charge on any atom is 0.161 e. The van der Waals surface area contributed by atoms with Crippen LogP contribution in [0.5, 0.6) is 0 Å². The van der Waals surface area contributed by atoms with E-state index >= 15 is 0 Å². The molecule has 0 saturated heterocycles. The van der Waals surface area contributed by atoms with Gasteiger partial charge in [0.1, 0.15) is 6.07 Å². The van der Waals surface area contributed by atoms with E-state index in [1.165, 1.54) is 11.3 Å². The number of carbonyl (C=O) groups is 1. The van der Waals surface area contributed by atoms with Crippen molar-refractivity contribution in [2.24, 2.45) is 0 Å². The van der Waals surface area contributed by atoms with Crippen molar-refractivity contribution in [1.29, 1.82) is 5.26 Å². The molecule has 2 aromatic rings. The van der Waals surface area contributed by atoms with Crippen molar-refractivity contribution in [3.8, 4) is 6.07 Å². The van der Waals surface area contributed by atoms with Crippen LogP contribution in [-0.4, -0.2) is 6.29 Å². The van der Waals surface area contributed by atoms with Crippen molar-refractivity contribution in [2.75, 3.05) is 0 Å². The van der Waals surface area contributed by atoms with E-state index in [-0.39, 0.29) is 0 Å². The Bertz CT molecular complexity index is 553. The fraction of sp³-hybridized carbons (Fsp3) is 0. The lowest BCUT2D eigenvalue weighted by Crippen LogP contribution is -1.77. The highest BCUT2D eigenvalue weighted by molar-refractivity contribution is 9.10. The van der Waals surface area contributed by atoms with Crippen LogP contribution >= 0.6 is 27.3 Å². The van der Waals surface area contributed by atoms with Crippen LogP contribution in [0.4, 0.5) is 0 Å². The molecule has 2 nitrogen and oxygen atoms in total. The molecule has 0 radical (unpaired) electrons. The number of halogens is 1. The molecule has 0 spiro atoms. The third kappa shape index (κ3) is 1.35. The number of thiophene rings is 1. The highest BCUT2D eigenvalue weighted by atomic mass is 79.9. The van der Waals surface area contributed by atoms with Gasteiger partial charge in [-0.3, -0.25) is 4.79 Å². The Morgan fingerprint density at radius 3 is 2.93 bits per heavy atom. The van der Waals surface area contributed by atoms with E-state index in [1.54, 1.807) is 0 Å². The summed E-state index contributed by atoms with van der Waals surface area (Å²) in [4.78, 5) is 11.2. The average molecular weight is 266 g/mol. The minimum absolute atomic E-state index is 0.473. The number of fused-ring (bicyclic) bond motifs is 1. The normalized spacial score (nSPS) is 10.0. The van der Waals surface area contributed by atoms with Gasteiger partial charge in [0.15, 0.2) is 6.29 Å². The monoisotopic (exact) mass is 265 g/mol. The second-order valence-corrected chi connectivity index (χ2v) is 4.71. The zero-order valence-corrected chi connectivity index (χ0v) is 9.35. The number of carbonyl (C=O) groups excluding carboxylic acids is 1. The Morgan fingerprint density at radius 1 is 1.50 bits per heavy atom. The number of nitriles is 1. The van der Waals surface area contributed by atoms with Gasteiger partial charge in [0.05, 0.1) is 10.4 Å². The molecule has 4 heteroatoms. The van der Waals surface area contributed by atoms with Crippen molar-refractivity contribution in [3.05, 3.63) is 33.1 Å². The molecule has 0 bridgehead atoms. The second kappa shape index (κ2) is 3.52. The molecule has 68 valence electrons. The van der Waals surface area contributed by atoms with Gasteiger partial charge in [-0.25, -0.2) is 0 Å². The summed E-state index contributed by atoms with van der Waals surface area (Å²) in [7, 11) is 0. The van der Waals surface area contributed by atoms with E-state index in [0.717, 1.165) is 20.8 Å². The van der Waals surface area contributed by atoms with Crippen LogP contribution < -0.4 is 0 Å². The van der Waals surface area contributed by atoms with E-state index < -0.39 is 0 Å². The SMILES string of the molecule is N#Cc1c(C=O)sc2ccc(Br)cc12. The number of nitrogens with zero attached hydrogens (tertiary/aromatic N) is 1. The van der Waals surface area contributed by atoms with E-state index in [0.29, 0.717) is 10.4 Å². The predicted octanol–water partition coefficient (Wildman–Crippen LogP) is 3.35. The first kappa shape index (κ1) is 9.38. The minimum atomic E-state index is 0.473. The van der Waals surface area contributed by atoms with E-state index in [4.69, 9.17) is 5.26 Å². The number of hydrogen-bond donors (Lipinski definition) is 0. The van der Waals surface area contributed by atoms with E-state index in [1.807, 2.05) is 18.2 Å². The van der Waals surface area contributed by atoms with E-state index in [9.17, 15) is 4.79 Å². The Kier molecular flexibility index (Phi) is 2.36. The highest BCUT2D eigenvalue weighted by Gasteiger charge is 2.10. The third-order valence-electron chi connectivity index (χ3n) is 1.90. The lowest BCUT2D eigenvalue weighted by Gasteiger charge is -1.90. The maximum atomic E-state index is 10.7. The minimum Gasteiger partial charge on any atom is -0.297 e. The fourth-order valence-corrected chi connectivity index (χ4v) is 2.60. The summed E-state index contributed by atoms with van der Waals surface area (Å²) in [5, 5.41) is 9.75. The first-order chi connectivity index (χ1) is 6.76. The zero-order valence-electron chi connectivity index (χ0n) is 6.95. The summed E-state index contributed by atoms with van der Waals surface area (Å²) in [5.74, 6) is 0. The topological polar surface area (TPSA) is 40.9 Å². The van der Waals surface area contributed by atoms with Gasteiger partial charge in [-0.15, -0.1) is 11.3 Å². The standard InChI is InChI=1S/C10H4BrNOS/c11-6-1-2-9-7(3-6)8(4-12)10(5-13)14-9/h1-3,5H. The number of benzene rings is 1. The first-order valence-corrected chi connectivity index (χ1v) is 5.44. The Labute approximate surface area is 92.9 Å².